The molecule has 1 heterocycles. The molecule has 1 unspecified atom stereocenters. The van der Waals surface area contributed by atoms with Crippen molar-refractivity contribution in [3.8, 4) is 0 Å². The van der Waals surface area contributed by atoms with Crippen molar-refractivity contribution < 1.29 is 14.0 Å². The Kier molecular flexibility index (Phi) is 4.37. The highest BCUT2D eigenvalue weighted by Gasteiger charge is 2.18. The van der Waals surface area contributed by atoms with E-state index >= 15 is 0 Å². The van der Waals surface area contributed by atoms with Gasteiger partial charge < -0.3 is 15.1 Å². The van der Waals surface area contributed by atoms with Crippen LogP contribution in [0.1, 0.15) is 24.2 Å². The van der Waals surface area contributed by atoms with Crippen LogP contribution in [0.4, 0.5) is 0 Å². The van der Waals surface area contributed by atoms with Crippen molar-refractivity contribution >= 4 is 23.4 Å². The van der Waals surface area contributed by atoms with Gasteiger partial charge in [0.15, 0.2) is 0 Å². The molecular formula is C10H13ClN2O3. The minimum absolute atomic E-state index is 0.0144. The van der Waals surface area contributed by atoms with Gasteiger partial charge in [-0.15, -0.1) is 0 Å². The summed E-state index contributed by atoms with van der Waals surface area (Å²) in [5.41, 5.74) is 0.220. The average Bonchev–Trinajstić information content (AvgIpc) is 2.64. The first kappa shape index (κ1) is 12.6. The van der Waals surface area contributed by atoms with Gasteiger partial charge in [0.25, 0.3) is 5.91 Å². The molecule has 0 aromatic carbocycles. The number of rotatable bonds is 4. The molecule has 0 saturated carbocycles. The lowest BCUT2D eigenvalue weighted by Gasteiger charge is -2.12. The Morgan fingerprint density at radius 3 is 2.75 bits per heavy atom. The van der Waals surface area contributed by atoms with Gasteiger partial charge in [0, 0.05) is 6.54 Å². The van der Waals surface area contributed by atoms with E-state index in [1.807, 2.05) is 0 Å². The van der Waals surface area contributed by atoms with Gasteiger partial charge in [-0.3, -0.25) is 9.59 Å². The van der Waals surface area contributed by atoms with Crippen LogP contribution >= 0.6 is 11.6 Å². The van der Waals surface area contributed by atoms with E-state index in [2.05, 4.69) is 10.6 Å². The number of halogens is 1. The van der Waals surface area contributed by atoms with Gasteiger partial charge in [0.1, 0.15) is 6.04 Å². The Labute approximate surface area is 98.1 Å². The Morgan fingerprint density at radius 1 is 1.56 bits per heavy atom. The second-order valence-electron chi connectivity index (χ2n) is 3.20. The highest BCUT2D eigenvalue weighted by atomic mass is 35.5. The molecule has 0 saturated heterocycles. The highest BCUT2D eigenvalue weighted by Crippen LogP contribution is 2.16. The monoisotopic (exact) mass is 244 g/mol. The van der Waals surface area contributed by atoms with Crippen LogP contribution in [0.5, 0.6) is 0 Å². The van der Waals surface area contributed by atoms with Crippen molar-refractivity contribution in [2.75, 3.05) is 6.54 Å². The van der Waals surface area contributed by atoms with Crippen LogP contribution in [0.15, 0.2) is 16.7 Å². The summed E-state index contributed by atoms with van der Waals surface area (Å²) >= 11 is 5.63. The van der Waals surface area contributed by atoms with Gasteiger partial charge in [-0.1, -0.05) is 0 Å². The number of hydrogen-bond donors (Lipinski definition) is 2. The number of carbonyl (C=O) groups is 2. The molecule has 2 N–H and O–H groups in total. The Balaban J connectivity index is 2.58. The molecule has 0 bridgehead atoms. The zero-order valence-electron chi connectivity index (χ0n) is 9.04. The van der Waals surface area contributed by atoms with Crippen molar-refractivity contribution in [3.63, 3.8) is 0 Å². The van der Waals surface area contributed by atoms with Crippen LogP contribution < -0.4 is 10.6 Å². The van der Waals surface area contributed by atoms with Crippen molar-refractivity contribution in [1.82, 2.24) is 10.6 Å². The largest absolute Gasteiger partial charge is 0.452 e. The first-order valence-electron chi connectivity index (χ1n) is 4.87. The Bertz CT molecular complexity index is 389. The third kappa shape index (κ3) is 3.00. The van der Waals surface area contributed by atoms with Gasteiger partial charge >= 0.3 is 0 Å². The molecule has 0 aliphatic carbocycles. The van der Waals surface area contributed by atoms with E-state index in [1.54, 1.807) is 13.8 Å². The van der Waals surface area contributed by atoms with E-state index in [-0.39, 0.29) is 16.7 Å². The number of amides is 2. The molecule has 1 rings (SSSR count). The molecule has 6 heteroatoms. The van der Waals surface area contributed by atoms with E-state index in [1.165, 1.54) is 12.3 Å². The normalized spacial score (nSPS) is 11.9. The molecule has 5 nitrogen and oxygen atoms in total. The van der Waals surface area contributed by atoms with Crippen LogP contribution in [-0.4, -0.2) is 24.4 Å². The molecule has 16 heavy (non-hydrogen) atoms. The quantitative estimate of drug-likeness (QED) is 0.836. The van der Waals surface area contributed by atoms with E-state index in [4.69, 9.17) is 16.0 Å². The lowest BCUT2D eigenvalue weighted by molar-refractivity contribution is -0.122. The van der Waals surface area contributed by atoms with Crippen molar-refractivity contribution in [2.45, 2.75) is 19.9 Å². The molecule has 0 fully saturated rings. The van der Waals surface area contributed by atoms with Crippen LogP contribution in [0.25, 0.3) is 0 Å². The zero-order valence-corrected chi connectivity index (χ0v) is 9.80. The molecule has 0 spiro atoms. The summed E-state index contributed by atoms with van der Waals surface area (Å²) in [5, 5.41) is 5.13. The van der Waals surface area contributed by atoms with E-state index in [0.717, 1.165) is 0 Å². The SMILES string of the molecule is CCNC(=O)C(C)NC(=O)c1ccoc1Cl. The number of likely N-dealkylation sites (N-methyl/N-ethyl adjacent to an activating group) is 1. The van der Waals surface area contributed by atoms with E-state index < -0.39 is 11.9 Å². The summed E-state index contributed by atoms with van der Waals surface area (Å²) in [4.78, 5) is 23.0. The predicted octanol–water partition coefficient (Wildman–Crippen LogP) is 1.19. The fraction of sp³-hybridized carbons (Fsp3) is 0.400. The summed E-state index contributed by atoms with van der Waals surface area (Å²) in [7, 11) is 0. The van der Waals surface area contributed by atoms with E-state index in [9.17, 15) is 9.59 Å². The number of furan rings is 1. The second-order valence-corrected chi connectivity index (χ2v) is 3.54. The van der Waals surface area contributed by atoms with Gasteiger partial charge in [0.05, 0.1) is 11.8 Å². The maximum absolute atomic E-state index is 11.6. The lowest BCUT2D eigenvalue weighted by atomic mass is 10.2. The number of hydrogen-bond acceptors (Lipinski definition) is 3. The standard InChI is InChI=1S/C10H13ClN2O3/c1-3-12-9(14)6(2)13-10(15)7-4-5-16-8(7)11/h4-6H,3H2,1-2H3,(H,12,14)(H,13,15). The van der Waals surface area contributed by atoms with Crippen molar-refractivity contribution in [2.24, 2.45) is 0 Å². The second kappa shape index (κ2) is 5.55. The Morgan fingerprint density at radius 2 is 2.25 bits per heavy atom. The summed E-state index contributed by atoms with van der Waals surface area (Å²) in [6.07, 6.45) is 1.31. The smallest absolute Gasteiger partial charge is 0.256 e. The van der Waals surface area contributed by atoms with Crippen molar-refractivity contribution in [1.29, 1.82) is 0 Å². The summed E-state index contributed by atoms with van der Waals surface area (Å²) in [6.45, 7) is 3.92. The lowest BCUT2D eigenvalue weighted by Crippen LogP contribution is -2.44. The Hall–Kier alpha value is -1.49. The minimum atomic E-state index is -0.613. The first-order chi connectivity index (χ1) is 7.56. The van der Waals surface area contributed by atoms with Crippen LogP contribution in [0.3, 0.4) is 0 Å². The fourth-order valence-electron chi connectivity index (χ4n) is 1.12. The molecular weight excluding hydrogens is 232 g/mol. The fourth-order valence-corrected chi connectivity index (χ4v) is 1.32. The summed E-state index contributed by atoms with van der Waals surface area (Å²) in [5.74, 6) is -0.673. The molecule has 1 aromatic rings. The zero-order chi connectivity index (χ0) is 12.1. The van der Waals surface area contributed by atoms with Gasteiger partial charge in [-0.2, -0.15) is 0 Å². The predicted molar refractivity (Wildman–Crippen MR) is 59.3 cm³/mol. The number of carbonyl (C=O) groups excluding carboxylic acids is 2. The maximum atomic E-state index is 11.6. The average molecular weight is 245 g/mol. The molecule has 0 aliphatic heterocycles. The van der Waals surface area contributed by atoms with E-state index in [0.29, 0.717) is 6.54 Å². The molecule has 1 atom stereocenters. The molecule has 0 radical (unpaired) electrons. The minimum Gasteiger partial charge on any atom is -0.452 e. The van der Waals surface area contributed by atoms with Gasteiger partial charge in [-0.25, -0.2) is 0 Å². The first-order valence-corrected chi connectivity index (χ1v) is 5.25. The number of nitrogens with one attached hydrogen (secondary N) is 2. The van der Waals surface area contributed by atoms with Gasteiger partial charge in [0.2, 0.25) is 11.1 Å². The molecule has 1 aromatic heterocycles. The van der Waals surface area contributed by atoms with Crippen molar-refractivity contribution in [3.05, 3.63) is 23.1 Å². The third-order valence-corrected chi connectivity index (χ3v) is 2.25. The maximum Gasteiger partial charge on any atom is 0.256 e. The molecule has 0 aliphatic rings. The summed E-state index contributed by atoms with van der Waals surface area (Å²) in [6, 6.07) is 0.834. The van der Waals surface area contributed by atoms with Crippen LogP contribution in [0.2, 0.25) is 5.22 Å². The topological polar surface area (TPSA) is 71.3 Å². The molecule has 2 amide bonds. The van der Waals surface area contributed by atoms with Crippen LogP contribution in [-0.2, 0) is 4.79 Å². The van der Waals surface area contributed by atoms with Gasteiger partial charge in [-0.05, 0) is 31.5 Å². The summed E-state index contributed by atoms with van der Waals surface area (Å²) < 4.78 is 4.78. The highest BCUT2D eigenvalue weighted by molar-refractivity contribution is 6.32. The third-order valence-electron chi connectivity index (χ3n) is 1.95. The van der Waals surface area contributed by atoms with Crippen LogP contribution in [0, 0.1) is 0 Å². The molecule has 88 valence electrons.